The van der Waals surface area contributed by atoms with Crippen LogP contribution in [0.25, 0.3) is 11.2 Å². The summed E-state index contributed by atoms with van der Waals surface area (Å²) in [5, 5.41) is 10.1. The molecule has 1 aliphatic rings. The maximum Gasteiger partial charge on any atom is 0.255 e. The van der Waals surface area contributed by atoms with E-state index >= 15 is 0 Å². The summed E-state index contributed by atoms with van der Waals surface area (Å²) < 4.78 is 8.03. The van der Waals surface area contributed by atoms with E-state index in [4.69, 9.17) is 9.57 Å². The molecule has 1 amide bonds. The number of fused-ring (bicyclic) bond motifs is 1. The molecule has 0 aliphatic carbocycles. The van der Waals surface area contributed by atoms with Crippen molar-refractivity contribution in [1.29, 1.82) is 0 Å². The quantitative estimate of drug-likeness (QED) is 0.446. The third kappa shape index (κ3) is 3.98. The van der Waals surface area contributed by atoms with Gasteiger partial charge in [-0.15, -0.1) is 16.4 Å². The molecule has 32 heavy (non-hydrogen) atoms. The highest BCUT2D eigenvalue weighted by atomic mass is 32.1. The highest BCUT2D eigenvalue weighted by Crippen LogP contribution is 2.21. The summed E-state index contributed by atoms with van der Waals surface area (Å²) in [7, 11) is 0. The summed E-state index contributed by atoms with van der Waals surface area (Å²) in [4.78, 5) is 27.7. The molecule has 0 saturated carbocycles. The molecule has 1 aliphatic heterocycles. The lowest BCUT2D eigenvalue weighted by atomic mass is 10.2. The first-order chi connectivity index (χ1) is 15.6. The van der Waals surface area contributed by atoms with Crippen LogP contribution in [0, 0.1) is 13.8 Å². The van der Waals surface area contributed by atoms with Crippen LogP contribution >= 0.6 is 11.3 Å². The summed E-state index contributed by atoms with van der Waals surface area (Å²) in [6, 6.07) is 9.77. The van der Waals surface area contributed by atoms with Crippen LogP contribution in [0.3, 0.4) is 0 Å². The molecule has 166 valence electrons. The van der Waals surface area contributed by atoms with Crippen molar-refractivity contribution in [1.82, 2.24) is 29.6 Å². The maximum atomic E-state index is 13.3. The average molecular weight is 453 g/mol. The smallest absolute Gasteiger partial charge is 0.255 e. The van der Waals surface area contributed by atoms with Gasteiger partial charge in [-0.05, 0) is 48.7 Å². The SMILES string of the molecule is Cc1cc(C(=O)N2CCOC(COn3nnc4cccnc43)C2)c(C)n1Cc1cccs1. The second-order valence-electron chi connectivity index (χ2n) is 7.80. The van der Waals surface area contributed by atoms with Crippen molar-refractivity contribution >= 4 is 28.4 Å². The van der Waals surface area contributed by atoms with Crippen molar-refractivity contribution in [3.63, 3.8) is 0 Å². The lowest BCUT2D eigenvalue weighted by molar-refractivity contribution is -0.0680. The molecular weight excluding hydrogens is 428 g/mol. The van der Waals surface area contributed by atoms with E-state index in [9.17, 15) is 4.79 Å². The van der Waals surface area contributed by atoms with Crippen molar-refractivity contribution in [3.05, 3.63) is 63.7 Å². The van der Waals surface area contributed by atoms with Crippen LogP contribution < -0.4 is 4.84 Å². The largest absolute Gasteiger partial charge is 0.391 e. The van der Waals surface area contributed by atoms with Gasteiger partial charge in [0, 0.05) is 29.0 Å². The molecule has 1 atom stereocenters. The van der Waals surface area contributed by atoms with E-state index < -0.39 is 0 Å². The number of pyridine rings is 1. The number of carbonyl (C=O) groups is 1. The van der Waals surface area contributed by atoms with Crippen LogP contribution in [0.5, 0.6) is 0 Å². The fourth-order valence-electron chi connectivity index (χ4n) is 3.98. The summed E-state index contributed by atoms with van der Waals surface area (Å²) >= 11 is 1.72. The molecule has 1 fully saturated rings. The molecular formula is C22H24N6O3S. The Hall–Kier alpha value is -3.24. The fourth-order valence-corrected chi connectivity index (χ4v) is 4.67. The van der Waals surface area contributed by atoms with Crippen molar-refractivity contribution in [2.24, 2.45) is 0 Å². The number of hydrogen-bond acceptors (Lipinski definition) is 7. The van der Waals surface area contributed by atoms with Crippen LogP contribution in [0.1, 0.15) is 26.6 Å². The lowest BCUT2D eigenvalue weighted by Crippen LogP contribution is -2.48. The Labute approximate surface area is 189 Å². The first-order valence-corrected chi connectivity index (χ1v) is 11.4. The predicted octanol–water partition coefficient (Wildman–Crippen LogP) is 2.32. The van der Waals surface area contributed by atoms with E-state index in [1.807, 2.05) is 36.9 Å². The van der Waals surface area contributed by atoms with E-state index in [0.717, 1.165) is 23.5 Å². The van der Waals surface area contributed by atoms with Crippen molar-refractivity contribution in [3.8, 4) is 0 Å². The zero-order valence-corrected chi connectivity index (χ0v) is 18.8. The van der Waals surface area contributed by atoms with Crippen LogP contribution in [0.15, 0.2) is 41.9 Å². The van der Waals surface area contributed by atoms with Crippen molar-refractivity contribution in [2.75, 3.05) is 26.3 Å². The van der Waals surface area contributed by atoms with Gasteiger partial charge in [0.25, 0.3) is 5.91 Å². The molecule has 0 aromatic carbocycles. The molecule has 0 spiro atoms. The molecule has 1 unspecified atom stereocenters. The van der Waals surface area contributed by atoms with Crippen LogP contribution in [-0.4, -0.2) is 67.9 Å². The summed E-state index contributed by atoms with van der Waals surface area (Å²) in [6.45, 7) is 6.55. The van der Waals surface area contributed by atoms with Crippen LogP contribution in [0.2, 0.25) is 0 Å². The number of aromatic nitrogens is 5. The van der Waals surface area contributed by atoms with E-state index in [1.165, 1.54) is 9.72 Å². The molecule has 9 nitrogen and oxygen atoms in total. The highest BCUT2D eigenvalue weighted by molar-refractivity contribution is 7.09. The number of rotatable bonds is 6. The molecule has 1 saturated heterocycles. The molecule has 10 heteroatoms. The van der Waals surface area contributed by atoms with Crippen molar-refractivity contribution < 1.29 is 14.4 Å². The lowest BCUT2D eigenvalue weighted by Gasteiger charge is -2.32. The number of thiophene rings is 1. The molecule has 4 aromatic heterocycles. The molecule has 5 rings (SSSR count). The second kappa shape index (κ2) is 8.71. The Bertz CT molecular complexity index is 1230. The minimum Gasteiger partial charge on any atom is -0.391 e. The van der Waals surface area contributed by atoms with Gasteiger partial charge in [-0.3, -0.25) is 4.79 Å². The second-order valence-corrected chi connectivity index (χ2v) is 8.83. The van der Waals surface area contributed by atoms with Gasteiger partial charge in [0.05, 0.1) is 25.3 Å². The number of nitrogens with zero attached hydrogens (tertiary/aromatic N) is 6. The Morgan fingerprint density at radius 1 is 1.31 bits per heavy atom. The standard InChI is InChI=1S/C22H24N6O3S/c1-15-11-19(16(2)27(15)13-18-5-4-10-32-18)22(29)26-8-9-30-17(12-26)14-31-28-21-20(24-25-28)6-3-7-23-21/h3-7,10-11,17H,8-9,12-14H2,1-2H3. The monoisotopic (exact) mass is 452 g/mol. The number of ether oxygens (including phenoxy) is 1. The summed E-state index contributed by atoms with van der Waals surface area (Å²) in [5.74, 6) is 0.0247. The minimum atomic E-state index is -0.259. The number of morpholine rings is 1. The number of carbonyl (C=O) groups excluding carboxylic acids is 1. The molecule has 0 radical (unpaired) electrons. The molecule has 0 N–H and O–H groups in total. The zero-order valence-electron chi connectivity index (χ0n) is 18.0. The topological polar surface area (TPSA) is 87.3 Å². The predicted molar refractivity (Wildman–Crippen MR) is 120 cm³/mol. The Kier molecular flexibility index (Phi) is 5.62. The van der Waals surface area contributed by atoms with Gasteiger partial charge >= 0.3 is 0 Å². The first-order valence-electron chi connectivity index (χ1n) is 10.5. The average Bonchev–Trinajstić information content (AvgIpc) is 3.54. The summed E-state index contributed by atoms with van der Waals surface area (Å²) in [6.07, 6.45) is 1.41. The van der Waals surface area contributed by atoms with E-state index in [1.54, 1.807) is 23.6 Å². The third-order valence-electron chi connectivity index (χ3n) is 5.69. The van der Waals surface area contributed by atoms with Gasteiger partial charge < -0.3 is 19.0 Å². The molecule has 5 heterocycles. The Morgan fingerprint density at radius 2 is 2.22 bits per heavy atom. The molecule has 0 bridgehead atoms. The van der Waals surface area contributed by atoms with Crippen LogP contribution in [-0.2, 0) is 11.3 Å². The number of aryl methyl sites for hydroxylation is 1. The maximum absolute atomic E-state index is 13.3. The third-order valence-corrected chi connectivity index (χ3v) is 6.55. The summed E-state index contributed by atoms with van der Waals surface area (Å²) in [5.41, 5.74) is 4.02. The van der Waals surface area contributed by atoms with Crippen LogP contribution in [0.4, 0.5) is 0 Å². The van der Waals surface area contributed by atoms with Gasteiger partial charge in [-0.25, -0.2) is 4.98 Å². The molecule has 4 aromatic rings. The van der Waals surface area contributed by atoms with E-state index in [2.05, 4.69) is 31.3 Å². The van der Waals surface area contributed by atoms with Gasteiger partial charge in [0.2, 0.25) is 5.65 Å². The first kappa shape index (κ1) is 20.7. The zero-order chi connectivity index (χ0) is 22.1. The fraction of sp³-hybridized carbons (Fsp3) is 0.364. The number of hydrogen-bond donors (Lipinski definition) is 0. The van der Waals surface area contributed by atoms with Gasteiger partial charge in [-0.1, -0.05) is 10.9 Å². The van der Waals surface area contributed by atoms with Gasteiger partial charge in [0.15, 0.2) is 0 Å². The normalized spacial score (nSPS) is 16.6. The van der Waals surface area contributed by atoms with Gasteiger partial charge in [-0.2, -0.15) is 0 Å². The van der Waals surface area contributed by atoms with E-state index in [-0.39, 0.29) is 18.6 Å². The van der Waals surface area contributed by atoms with Crippen molar-refractivity contribution in [2.45, 2.75) is 26.5 Å². The number of amides is 1. The van der Waals surface area contributed by atoms with E-state index in [0.29, 0.717) is 30.9 Å². The van der Waals surface area contributed by atoms with Gasteiger partial charge in [0.1, 0.15) is 18.2 Å². The highest BCUT2D eigenvalue weighted by Gasteiger charge is 2.28. The minimum absolute atomic E-state index is 0.0247. The Morgan fingerprint density at radius 3 is 3.06 bits per heavy atom. The Balaban J connectivity index is 1.25.